The third kappa shape index (κ3) is 2.80. The number of pyridine rings is 1. The third-order valence-electron chi connectivity index (χ3n) is 2.82. The molecule has 94 valence electrons. The molecule has 0 amide bonds. The van der Waals surface area contributed by atoms with Gasteiger partial charge in [-0.3, -0.25) is 4.98 Å². The molecule has 2 aromatic heterocycles. The quantitative estimate of drug-likeness (QED) is 0.773. The van der Waals surface area contributed by atoms with E-state index in [1.807, 2.05) is 48.8 Å². The van der Waals surface area contributed by atoms with E-state index in [1.54, 1.807) is 12.4 Å². The first-order chi connectivity index (χ1) is 9.42. The highest BCUT2D eigenvalue weighted by atomic mass is 15.2. The maximum Gasteiger partial charge on any atom is 0.207 e. The van der Waals surface area contributed by atoms with E-state index in [4.69, 9.17) is 0 Å². The molecule has 2 heterocycles. The lowest BCUT2D eigenvalue weighted by atomic mass is 10.3. The van der Waals surface area contributed by atoms with E-state index in [0.29, 0.717) is 0 Å². The minimum Gasteiger partial charge on any atom is -0.326 e. The zero-order valence-corrected chi connectivity index (χ0v) is 10.4. The van der Waals surface area contributed by atoms with Crippen LogP contribution in [0.5, 0.6) is 0 Å². The predicted molar refractivity (Wildman–Crippen MR) is 75.3 cm³/mol. The molecule has 0 aliphatic carbocycles. The van der Waals surface area contributed by atoms with Crippen LogP contribution in [-0.2, 0) is 6.54 Å². The maximum atomic E-state index is 4.34. The third-order valence-corrected chi connectivity index (χ3v) is 2.82. The second-order valence-electron chi connectivity index (χ2n) is 4.23. The predicted octanol–water partition coefficient (Wildman–Crippen LogP) is 3.07. The van der Waals surface area contributed by atoms with E-state index in [2.05, 4.69) is 25.9 Å². The Morgan fingerprint density at radius 1 is 1.00 bits per heavy atom. The summed E-state index contributed by atoms with van der Waals surface area (Å²) in [5, 5.41) is 3.30. The van der Waals surface area contributed by atoms with Crippen molar-refractivity contribution in [1.82, 2.24) is 14.5 Å². The van der Waals surface area contributed by atoms with Crippen molar-refractivity contribution in [3.8, 4) is 0 Å². The highest BCUT2D eigenvalue weighted by Gasteiger charge is 2.03. The Hall–Kier alpha value is -2.62. The summed E-state index contributed by atoms with van der Waals surface area (Å²) in [5.41, 5.74) is 2.18. The summed E-state index contributed by atoms with van der Waals surface area (Å²) in [7, 11) is 0. The monoisotopic (exact) mass is 250 g/mol. The first-order valence-electron chi connectivity index (χ1n) is 6.14. The van der Waals surface area contributed by atoms with Crippen molar-refractivity contribution in [3.05, 3.63) is 72.8 Å². The number of aromatic nitrogens is 3. The first kappa shape index (κ1) is 11.5. The lowest BCUT2D eigenvalue weighted by Gasteiger charge is -2.09. The second-order valence-corrected chi connectivity index (χ2v) is 4.23. The standard InChI is InChI=1S/C15H14N4/c1-2-6-14(7-3-1)18-15-17-9-10-19(15)12-13-5-4-8-16-11-13/h1-11H,12H2,(H,17,18). The maximum absolute atomic E-state index is 4.34. The molecule has 0 aliphatic rings. The van der Waals surface area contributed by atoms with Gasteiger partial charge < -0.3 is 9.88 Å². The van der Waals surface area contributed by atoms with Crippen LogP contribution >= 0.6 is 0 Å². The van der Waals surface area contributed by atoms with Crippen molar-refractivity contribution in [2.75, 3.05) is 5.32 Å². The summed E-state index contributed by atoms with van der Waals surface area (Å²) in [6.07, 6.45) is 7.40. The first-order valence-corrected chi connectivity index (χ1v) is 6.14. The number of para-hydroxylation sites is 1. The van der Waals surface area contributed by atoms with E-state index in [9.17, 15) is 0 Å². The van der Waals surface area contributed by atoms with E-state index in [-0.39, 0.29) is 0 Å². The van der Waals surface area contributed by atoms with Gasteiger partial charge in [0, 0.05) is 30.5 Å². The SMILES string of the molecule is c1ccc(Nc2nccn2Cc2cccnc2)cc1. The van der Waals surface area contributed by atoms with E-state index < -0.39 is 0 Å². The van der Waals surface area contributed by atoms with Crippen molar-refractivity contribution in [2.45, 2.75) is 6.54 Å². The number of anilines is 2. The van der Waals surface area contributed by atoms with Crippen LogP contribution in [-0.4, -0.2) is 14.5 Å². The molecule has 1 aromatic carbocycles. The number of hydrogen-bond acceptors (Lipinski definition) is 3. The molecule has 0 spiro atoms. The summed E-state index contributed by atoms with van der Waals surface area (Å²) >= 11 is 0. The summed E-state index contributed by atoms with van der Waals surface area (Å²) in [6, 6.07) is 14.0. The highest BCUT2D eigenvalue weighted by molar-refractivity contribution is 5.53. The van der Waals surface area contributed by atoms with E-state index in [0.717, 1.165) is 23.7 Å². The molecule has 0 fully saturated rings. The van der Waals surface area contributed by atoms with Crippen LogP contribution in [0.1, 0.15) is 5.56 Å². The van der Waals surface area contributed by atoms with Gasteiger partial charge in [-0.15, -0.1) is 0 Å². The Balaban J connectivity index is 1.79. The average molecular weight is 250 g/mol. The van der Waals surface area contributed by atoms with Crippen molar-refractivity contribution < 1.29 is 0 Å². The van der Waals surface area contributed by atoms with Crippen LogP contribution in [0.2, 0.25) is 0 Å². The molecule has 0 radical (unpaired) electrons. The van der Waals surface area contributed by atoms with Gasteiger partial charge in [0.15, 0.2) is 0 Å². The number of nitrogens with one attached hydrogen (secondary N) is 1. The molecule has 19 heavy (non-hydrogen) atoms. The van der Waals surface area contributed by atoms with Crippen LogP contribution in [0.3, 0.4) is 0 Å². The Morgan fingerprint density at radius 2 is 1.89 bits per heavy atom. The largest absolute Gasteiger partial charge is 0.326 e. The molecule has 0 aliphatic heterocycles. The second kappa shape index (κ2) is 5.35. The van der Waals surface area contributed by atoms with Gasteiger partial charge in [-0.1, -0.05) is 24.3 Å². The van der Waals surface area contributed by atoms with Gasteiger partial charge in [-0.05, 0) is 23.8 Å². The van der Waals surface area contributed by atoms with Crippen LogP contribution in [0.25, 0.3) is 0 Å². The van der Waals surface area contributed by atoms with Crippen molar-refractivity contribution in [3.63, 3.8) is 0 Å². The molecule has 4 heteroatoms. The number of nitrogens with zero attached hydrogens (tertiary/aromatic N) is 3. The molecule has 0 atom stereocenters. The van der Waals surface area contributed by atoms with E-state index >= 15 is 0 Å². The molecule has 0 bridgehead atoms. The fraction of sp³-hybridized carbons (Fsp3) is 0.0667. The summed E-state index contributed by atoms with van der Waals surface area (Å²) in [5.74, 6) is 0.829. The molecule has 4 nitrogen and oxygen atoms in total. The molecule has 0 saturated carbocycles. The summed E-state index contributed by atoms with van der Waals surface area (Å²) in [6.45, 7) is 0.753. The summed E-state index contributed by atoms with van der Waals surface area (Å²) < 4.78 is 2.06. The normalized spacial score (nSPS) is 10.3. The number of hydrogen-bond donors (Lipinski definition) is 1. The average Bonchev–Trinajstić information content (AvgIpc) is 2.88. The minimum atomic E-state index is 0.753. The van der Waals surface area contributed by atoms with Crippen LogP contribution in [0.4, 0.5) is 11.6 Å². The lowest BCUT2D eigenvalue weighted by Crippen LogP contribution is -2.04. The van der Waals surface area contributed by atoms with Crippen molar-refractivity contribution >= 4 is 11.6 Å². The fourth-order valence-corrected chi connectivity index (χ4v) is 1.90. The van der Waals surface area contributed by atoms with Crippen LogP contribution < -0.4 is 5.32 Å². The highest BCUT2D eigenvalue weighted by Crippen LogP contribution is 2.15. The zero-order chi connectivity index (χ0) is 12.9. The Labute approximate surface area is 111 Å². The Morgan fingerprint density at radius 3 is 2.68 bits per heavy atom. The fourth-order valence-electron chi connectivity index (χ4n) is 1.90. The molecule has 3 rings (SSSR count). The molecule has 0 saturated heterocycles. The summed E-state index contributed by atoms with van der Waals surface area (Å²) in [4.78, 5) is 8.46. The molecule has 1 N–H and O–H groups in total. The molecule has 3 aromatic rings. The Kier molecular flexibility index (Phi) is 3.23. The minimum absolute atomic E-state index is 0.753. The van der Waals surface area contributed by atoms with Crippen LogP contribution in [0.15, 0.2) is 67.3 Å². The number of benzene rings is 1. The van der Waals surface area contributed by atoms with Gasteiger partial charge >= 0.3 is 0 Å². The smallest absolute Gasteiger partial charge is 0.207 e. The topological polar surface area (TPSA) is 42.7 Å². The molecule has 0 unspecified atom stereocenters. The number of rotatable bonds is 4. The van der Waals surface area contributed by atoms with Crippen molar-refractivity contribution in [2.24, 2.45) is 0 Å². The van der Waals surface area contributed by atoms with Gasteiger partial charge in [-0.2, -0.15) is 0 Å². The van der Waals surface area contributed by atoms with Gasteiger partial charge in [0.2, 0.25) is 5.95 Å². The van der Waals surface area contributed by atoms with Gasteiger partial charge in [0.1, 0.15) is 0 Å². The van der Waals surface area contributed by atoms with Gasteiger partial charge in [0.25, 0.3) is 0 Å². The van der Waals surface area contributed by atoms with Gasteiger partial charge in [0.05, 0.1) is 6.54 Å². The van der Waals surface area contributed by atoms with E-state index in [1.165, 1.54) is 0 Å². The van der Waals surface area contributed by atoms with Gasteiger partial charge in [-0.25, -0.2) is 4.98 Å². The number of imidazole rings is 1. The zero-order valence-electron chi connectivity index (χ0n) is 10.4. The molecular formula is C15H14N4. The Bertz CT molecular complexity index is 576. The molecular weight excluding hydrogens is 236 g/mol. The van der Waals surface area contributed by atoms with Crippen molar-refractivity contribution in [1.29, 1.82) is 0 Å². The van der Waals surface area contributed by atoms with Crippen LogP contribution in [0, 0.1) is 0 Å². The lowest BCUT2D eigenvalue weighted by molar-refractivity contribution is 0.803.